The summed E-state index contributed by atoms with van der Waals surface area (Å²) in [6, 6.07) is 0. The Morgan fingerprint density at radius 1 is 1.45 bits per heavy atom. The molecule has 0 saturated carbocycles. The Morgan fingerprint density at radius 3 is 2.45 bits per heavy atom. The molecule has 0 fully saturated rings. The summed E-state index contributed by atoms with van der Waals surface area (Å²) in [4.78, 5) is 2.02. The Kier molecular flexibility index (Phi) is 4.99. The molecule has 0 aromatic carbocycles. The smallest absolute Gasteiger partial charge is 0.0375 e. The van der Waals surface area contributed by atoms with E-state index in [0.29, 0.717) is 0 Å². The number of nitrogens with one attached hydrogen (secondary N) is 1. The van der Waals surface area contributed by atoms with Crippen LogP contribution in [-0.2, 0) is 0 Å². The van der Waals surface area contributed by atoms with Crippen LogP contribution >= 0.6 is 0 Å². The SMILES string of the molecule is C=C/C=C(\C=C/NC)N(C)C. The maximum atomic E-state index is 3.63. The summed E-state index contributed by atoms with van der Waals surface area (Å²) in [5.41, 5.74) is 1.12. The van der Waals surface area contributed by atoms with E-state index >= 15 is 0 Å². The maximum Gasteiger partial charge on any atom is 0.0375 e. The van der Waals surface area contributed by atoms with E-state index in [1.54, 1.807) is 6.08 Å². The van der Waals surface area contributed by atoms with Crippen molar-refractivity contribution in [3.05, 3.63) is 36.7 Å². The number of rotatable bonds is 4. The van der Waals surface area contributed by atoms with Crippen LogP contribution in [0, 0.1) is 0 Å². The summed E-state index contributed by atoms with van der Waals surface area (Å²) in [5.74, 6) is 0. The molecule has 2 nitrogen and oxygen atoms in total. The minimum absolute atomic E-state index is 1.12. The molecule has 0 aliphatic rings. The molecular weight excluding hydrogens is 136 g/mol. The van der Waals surface area contributed by atoms with E-state index in [1.807, 2.05) is 44.4 Å². The van der Waals surface area contributed by atoms with Crippen LogP contribution in [0.3, 0.4) is 0 Å². The third-order valence-corrected chi connectivity index (χ3v) is 1.23. The van der Waals surface area contributed by atoms with Crippen molar-refractivity contribution in [2.45, 2.75) is 0 Å². The Labute approximate surface area is 68.9 Å². The molecule has 0 atom stereocenters. The Balaban J connectivity index is 4.22. The lowest BCUT2D eigenvalue weighted by Crippen LogP contribution is -2.09. The molecule has 0 aliphatic carbocycles. The highest BCUT2D eigenvalue weighted by Gasteiger charge is 1.90. The second kappa shape index (κ2) is 5.59. The molecule has 0 spiro atoms. The van der Waals surface area contributed by atoms with Crippen molar-refractivity contribution in [2.75, 3.05) is 21.1 Å². The molecule has 0 saturated heterocycles. The topological polar surface area (TPSA) is 15.3 Å². The summed E-state index contributed by atoms with van der Waals surface area (Å²) in [5, 5.41) is 2.93. The van der Waals surface area contributed by atoms with Gasteiger partial charge in [0, 0.05) is 26.8 Å². The molecule has 11 heavy (non-hydrogen) atoms. The molecule has 62 valence electrons. The fourth-order valence-electron chi connectivity index (χ4n) is 0.643. The van der Waals surface area contributed by atoms with Gasteiger partial charge in [-0.05, 0) is 18.4 Å². The van der Waals surface area contributed by atoms with Crippen molar-refractivity contribution >= 4 is 0 Å². The van der Waals surface area contributed by atoms with Gasteiger partial charge in [-0.3, -0.25) is 0 Å². The van der Waals surface area contributed by atoms with Gasteiger partial charge in [0.1, 0.15) is 0 Å². The van der Waals surface area contributed by atoms with Crippen LogP contribution in [0.5, 0.6) is 0 Å². The number of allylic oxidation sites excluding steroid dienone is 3. The highest BCUT2D eigenvalue weighted by atomic mass is 15.1. The lowest BCUT2D eigenvalue weighted by molar-refractivity contribution is 0.529. The molecule has 0 bridgehead atoms. The molecule has 1 N–H and O–H groups in total. The number of nitrogens with zero attached hydrogens (tertiary/aromatic N) is 1. The molecule has 0 amide bonds. The zero-order chi connectivity index (χ0) is 8.69. The van der Waals surface area contributed by atoms with Gasteiger partial charge in [0.05, 0.1) is 0 Å². The van der Waals surface area contributed by atoms with E-state index in [1.165, 1.54) is 0 Å². The molecular formula is C9H16N2. The van der Waals surface area contributed by atoms with E-state index in [4.69, 9.17) is 0 Å². The first-order chi connectivity index (χ1) is 5.22. The van der Waals surface area contributed by atoms with Gasteiger partial charge in [0.2, 0.25) is 0 Å². The van der Waals surface area contributed by atoms with Crippen molar-refractivity contribution in [1.29, 1.82) is 0 Å². The second-order valence-electron chi connectivity index (χ2n) is 2.34. The fraction of sp³-hybridized carbons (Fsp3) is 0.333. The molecule has 0 aromatic heterocycles. The normalized spacial score (nSPS) is 11.7. The molecule has 0 rings (SSSR count). The van der Waals surface area contributed by atoms with Crippen LogP contribution in [0.15, 0.2) is 36.7 Å². The fourth-order valence-corrected chi connectivity index (χ4v) is 0.643. The van der Waals surface area contributed by atoms with Gasteiger partial charge in [0.25, 0.3) is 0 Å². The third kappa shape index (κ3) is 4.25. The monoisotopic (exact) mass is 152 g/mol. The quantitative estimate of drug-likeness (QED) is 0.612. The summed E-state index contributed by atoms with van der Waals surface area (Å²) in [6.45, 7) is 3.63. The number of hydrogen-bond acceptors (Lipinski definition) is 2. The van der Waals surface area contributed by atoms with Crippen LogP contribution in [0.4, 0.5) is 0 Å². The summed E-state index contributed by atoms with van der Waals surface area (Å²) < 4.78 is 0. The van der Waals surface area contributed by atoms with Gasteiger partial charge in [0.15, 0.2) is 0 Å². The van der Waals surface area contributed by atoms with Crippen LogP contribution in [0.25, 0.3) is 0 Å². The highest BCUT2D eigenvalue weighted by molar-refractivity contribution is 5.20. The first-order valence-corrected chi connectivity index (χ1v) is 3.56. The van der Waals surface area contributed by atoms with E-state index in [9.17, 15) is 0 Å². The number of likely N-dealkylation sites (N-methyl/N-ethyl adjacent to an activating group) is 1. The highest BCUT2D eigenvalue weighted by Crippen LogP contribution is 1.99. The largest absolute Gasteiger partial charge is 0.394 e. The van der Waals surface area contributed by atoms with Gasteiger partial charge < -0.3 is 10.2 Å². The van der Waals surface area contributed by atoms with Crippen molar-refractivity contribution in [2.24, 2.45) is 0 Å². The lowest BCUT2D eigenvalue weighted by atomic mass is 10.3. The van der Waals surface area contributed by atoms with Crippen LogP contribution in [0.1, 0.15) is 0 Å². The predicted octanol–water partition coefficient (Wildman–Crippen LogP) is 1.35. The average Bonchev–Trinajstić information content (AvgIpc) is 1.97. The van der Waals surface area contributed by atoms with E-state index in [-0.39, 0.29) is 0 Å². The van der Waals surface area contributed by atoms with Crippen molar-refractivity contribution in [1.82, 2.24) is 10.2 Å². The minimum atomic E-state index is 1.12. The summed E-state index contributed by atoms with van der Waals surface area (Å²) in [6.07, 6.45) is 7.60. The Morgan fingerprint density at radius 2 is 2.09 bits per heavy atom. The molecule has 0 aromatic rings. The summed E-state index contributed by atoms with van der Waals surface area (Å²) in [7, 11) is 5.86. The maximum absolute atomic E-state index is 3.63. The van der Waals surface area contributed by atoms with E-state index in [0.717, 1.165) is 5.70 Å². The average molecular weight is 152 g/mol. The minimum Gasteiger partial charge on any atom is -0.394 e. The first kappa shape index (κ1) is 9.82. The summed E-state index contributed by atoms with van der Waals surface area (Å²) >= 11 is 0. The van der Waals surface area contributed by atoms with Crippen molar-refractivity contribution < 1.29 is 0 Å². The van der Waals surface area contributed by atoms with Crippen molar-refractivity contribution in [3.63, 3.8) is 0 Å². The number of hydrogen-bond donors (Lipinski definition) is 1. The van der Waals surface area contributed by atoms with Gasteiger partial charge >= 0.3 is 0 Å². The molecule has 0 unspecified atom stereocenters. The van der Waals surface area contributed by atoms with Crippen molar-refractivity contribution in [3.8, 4) is 0 Å². The molecule has 0 radical (unpaired) electrons. The lowest BCUT2D eigenvalue weighted by Gasteiger charge is -2.12. The third-order valence-electron chi connectivity index (χ3n) is 1.23. The van der Waals surface area contributed by atoms with Crippen LogP contribution in [0.2, 0.25) is 0 Å². The predicted molar refractivity (Wildman–Crippen MR) is 50.2 cm³/mol. The van der Waals surface area contributed by atoms with Gasteiger partial charge in [-0.25, -0.2) is 0 Å². The Hall–Kier alpha value is -1.18. The van der Waals surface area contributed by atoms with E-state index < -0.39 is 0 Å². The molecule has 0 aliphatic heterocycles. The zero-order valence-electron chi connectivity index (χ0n) is 7.46. The van der Waals surface area contributed by atoms with Crippen LogP contribution < -0.4 is 5.32 Å². The Bertz CT molecular complexity index is 166. The zero-order valence-corrected chi connectivity index (χ0v) is 7.46. The van der Waals surface area contributed by atoms with Gasteiger partial charge in [-0.1, -0.05) is 12.7 Å². The molecule has 2 heteroatoms. The van der Waals surface area contributed by atoms with E-state index in [2.05, 4.69) is 11.9 Å². The van der Waals surface area contributed by atoms with Crippen LogP contribution in [-0.4, -0.2) is 26.0 Å². The first-order valence-electron chi connectivity index (χ1n) is 3.56. The van der Waals surface area contributed by atoms with Gasteiger partial charge in [-0.2, -0.15) is 0 Å². The standard InChI is InChI=1S/C9H16N2/c1-5-6-9(11(3)4)7-8-10-2/h5-8,10H,1H2,2-4H3/b8-7-,9-6+. The van der Waals surface area contributed by atoms with Gasteiger partial charge in [-0.15, -0.1) is 0 Å². The molecule has 0 heterocycles. The second-order valence-corrected chi connectivity index (χ2v) is 2.34.